The van der Waals surface area contributed by atoms with E-state index in [0.29, 0.717) is 17.7 Å². The van der Waals surface area contributed by atoms with Gasteiger partial charge in [-0.3, -0.25) is 13.9 Å². The molecule has 2 atom stereocenters. The third-order valence-corrected chi connectivity index (χ3v) is 5.86. The van der Waals surface area contributed by atoms with E-state index in [1.807, 2.05) is 13.8 Å². The number of carbonyl (C=O) groups is 1. The van der Waals surface area contributed by atoms with Crippen LogP contribution in [-0.2, 0) is 22.5 Å². The van der Waals surface area contributed by atoms with E-state index in [0.717, 1.165) is 19.7 Å². The van der Waals surface area contributed by atoms with Crippen LogP contribution in [0.3, 0.4) is 0 Å². The number of hydrogen-bond donors (Lipinski definition) is 2. The first-order valence-electron chi connectivity index (χ1n) is 8.86. The Hall–Kier alpha value is -2.85. The summed E-state index contributed by atoms with van der Waals surface area (Å²) in [5.74, 6) is 0. The first-order chi connectivity index (χ1) is 14.3. The molecule has 3 rings (SSSR count). The Bertz CT molecular complexity index is 1100. The molecule has 2 unspecified atom stereocenters. The lowest BCUT2D eigenvalue weighted by atomic mass is 10.1. The van der Waals surface area contributed by atoms with Crippen LogP contribution in [0.15, 0.2) is 66.7 Å². The minimum atomic E-state index is -2.51. The molecule has 3 aromatic carbocycles. The molecule has 0 amide bonds. The molecule has 0 bridgehead atoms. The Morgan fingerprint density at radius 1 is 0.700 bits per heavy atom. The molecule has 3 aromatic rings. The molecule has 9 heteroatoms. The highest BCUT2D eigenvalue weighted by atomic mass is 32.2. The Labute approximate surface area is 179 Å². The molecule has 156 valence electrons. The average molecular weight is 445 g/mol. The van der Waals surface area contributed by atoms with Crippen molar-refractivity contribution in [1.29, 1.82) is 0 Å². The molecule has 2 N–H and O–H groups in total. The van der Waals surface area contributed by atoms with Gasteiger partial charge in [0.1, 0.15) is 6.29 Å². The number of aldehydes is 1. The quantitative estimate of drug-likeness (QED) is 0.408. The molecule has 0 fully saturated rings. The van der Waals surface area contributed by atoms with Crippen LogP contribution in [0.25, 0.3) is 0 Å². The standard InChI is InChI=1S/C21H20N2O5S2/c1-15-3-8-18(9-4-15)22(29(25)26)20-12-7-17(14-24)13-21(20)23(30(27)28)19-10-5-16(2)6-11-19/h3-14H,1-2H3,(H,25,26)(H,27,28). The van der Waals surface area contributed by atoms with Crippen LogP contribution in [-0.4, -0.2) is 23.8 Å². The van der Waals surface area contributed by atoms with E-state index in [1.165, 1.54) is 18.2 Å². The number of aryl methyl sites for hydroxylation is 2. The fourth-order valence-electron chi connectivity index (χ4n) is 2.94. The molecule has 0 aliphatic carbocycles. The third-order valence-electron chi connectivity index (χ3n) is 4.42. The van der Waals surface area contributed by atoms with Gasteiger partial charge in [-0.2, -0.15) is 0 Å². The predicted molar refractivity (Wildman–Crippen MR) is 120 cm³/mol. The maximum absolute atomic E-state index is 12.3. The summed E-state index contributed by atoms with van der Waals surface area (Å²) in [6.07, 6.45) is 0.604. The normalized spacial score (nSPS) is 12.8. The largest absolute Gasteiger partial charge is 0.298 e. The second-order valence-electron chi connectivity index (χ2n) is 6.59. The zero-order chi connectivity index (χ0) is 21.8. The van der Waals surface area contributed by atoms with Gasteiger partial charge in [0.25, 0.3) is 22.5 Å². The SMILES string of the molecule is Cc1ccc(N(c2ccc(C=O)cc2N(c2ccc(C)cc2)S(=O)O)S(=O)O)cc1. The van der Waals surface area contributed by atoms with Crippen LogP contribution in [0.4, 0.5) is 22.7 Å². The van der Waals surface area contributed by atoms with Crippen molar-refractivity contribution in [3.63, 3.8) is 0 Å². The maximum atomic E-state index is 12.3. The fourth-order valence-corrected chi connectivity index (χ4v) is 4.18. The Morgan fingerprint density at radius 2 is 1.13 bits per heavy atom. The number of anilines is 4. The minimum Gasteiger partial charge on any atom is -0.298 e. The van der Waals surface area contributed by atoms with Gasteiger partial charge in [0.15, 0.2) is 0 Å². The van der Waals surface area contributed by atoms with E-state index in [1.54, 1.807) is 48.5 Å². The molecular weight excluding hydrogens is 424 g/mol. The van der Waals surface area contributed by atoms with Gasteiger partial charge < -0.3 is 0 Å². The molecule has 0 aromatic heterocycles. The summed E-state index contributed by atoms with van der Waals surface area (Å²) in [5, 5.41) is 0. The molecule has 0 aliphatic heterocycles. The molecule has 30 heavy (non-hydrogen) atoms. The highest BCUT2D eigenvalue weighted by Gasteiger charge is 2.25. The molecule has 0 radical (unpaired) electrons. The molecule has 0 aliphatic rings. The van der Waals surface area contributed by atoms with E-state index < -0.39 is 22.5 Å². The van der Waals surface area contributed by atoms with Gasteiger partial charge in [-0.15, -0.1) is 0 Å². The van der Waals surface area contributed by atoms with E-state index in [9.17, 15) is 22.3 Å². The van der Waals surface area contributed by atoms with Crippen LogP contribution in [0.5, 0.6) is 0 Å². The topological polar surface area (TPSA) is 98.2 Å². The van der Waals surface area contributed by atoms with Crippen molar-refractivity contribution >= 4 is 51.6 Å². The van der Waals surface area contributed by atoms with Gasteiger partial charge in [0.2, 0.25) is 0 Å². The van der Waals surface area contributed by atoms with Crippen LogP contribution in [0.1, 0.15) is 21.5 Å². The fraction of sp³-hybridized carbons (Fsp3) is 0.0952. The van der Waals surface area contributed by atoms with Gasteiger partial charge in [-0.05, 0) is 56.3 Å². The van der Waals surface area contributed by atoms with E-state index >= 15 is 0 Å². The minimum absolute atomic E-state index is 0.132. The number of nitrogens with zero attached hydrogens (tertiary/aromatic N) is 2. The highest BCUT2D eigenvalue weighted by Crippen LogP contribution is 2.40. The predicted octanol–water partition coefficient (Wildman–Crippen LogP) is 4.67. The van der Waals surface area contributed by atoms with Crippen molar-refractivity contribution in [3.8, 4) is 0 Å². The summed E-state index contributed by atoms with van der Waals surface area (Å²) in [6.45, 7) is 3.78. The molecular formula is C21H20N2O5S2. The second-order valence-corrected chi connectivity index (χ2v) is 8.24. The third kappa shape index (κ3) is 4.65. The van der Waals surface area contributed by atoms with E-state index in [-0.39, 0.29) is 16.9 Å². The summed E-state index contributed by atoms with van der Waals surface area (Å²) in [7, 11) is 0. The van der Waals surface area contributed by atoms with Crippen LogP contribution < -0.4 is 8.61 Å². The highest BCUT2D eigenvalue weighted by molar-refractivity contribution is 7.81. The van der Waals surface area contributed by atoms with Gasteiger partial charge in [0.05, 0.1) is 22.7 Å². The van der Waals surface area contributed by atoms with Gasteiger partial charge >= 0.3 is 0 Å². The first-order valence-corrected chi connectivity index (χ1v) is 11.0. The lowest BCUT2D eigenvalue weighted by Crippen LogP contribution is -2.25. The van der Waals surface area contributed by atoms with Crippen molar-refractivity contribution in [2.45, 2.75) is 13.8 Å². The summed E-state index contributed by atoms with van der Waals surface area (Å²) in [5.41, 5.74) is 3.30. The Morgan fingerprint density at radius 3 is 1.53 bits per heavy atom. The van der Waals surface area contributed by atoms with Gasteiger partial charge in [-0.1, -0.05) is 35.4 Å². The molecule has 7 nitrogen and oxygen atoms in total. The summed E-state index contributed by atoms with van der Waals surface area (Å²) < 4.78 is 46.9. The van der Waals surface area contributed by atoms with Crippen molar-refractivity contribution in [1.82, 2.24) is 0 Å². The number of benzene rings is 3. The van der Waals surface area contributed by atoms with Gasteiger partial charge in [0, 0.05) is 5.56 Å². The van der Waals surface area contributed by atoms with Crippen molar-refractivity contribution < 1.29 is 22.3 Å². The summed E-state index contributed by atoms with van der Waals surface area (Å²) >= 11 is -4.99. The first kappa shape index (κ1) is 21.8. The summed E-state index contributed by atoms with van der Waals surface area (Å²) in [6, 6.07) is 18.2. The lowest BCUT2D eigenvalue weighted by molar-refractivity contribution is 0.112. The number of hydrogen-bond acceptors (Lipinski definition) is 3. The zero-order valence-corrected chi connectivity index (χ0v) is 17.9. The van der Waals surface area contributed by atoms with E-state index in [4.69, 9.17) is 0 Å². The van der Waals surface area contributed by atoms with Crippen LogP contribution in [0, 0.1) is 13.8 Å². The van der Waals surface area contributed by atoms with Crippen LogP contribution >= 0.6 is 0 Å². The monoisotopic (exact) mass is 444 g/mol. The number of rotatable bonds is 7. The number of carbonyl (C=O) groups excluding carboxylic acids is 1. The Kier molecular flexibility index (Phi) is 6.78. The molecule has 0 spiro atoms. The van der Waals surface area contributed by atoms with Crippen LogP contribution in [0.2, 0.25) is 0 Å². The average Bonchev–Trinajstić information content (AvgIpc) is 2.71. The van der Waals surface area contributed by atoms with Crippen molar-refractivity contribution in [2.75, 3.05) is 8.61 Å². The second kappa shape index (κ2) is 9.31. The molecule has 0 saturated carbocycles. The Balaban J connectivity index is 2.25. The maximum Gasteiger partial charge on any atom is 0.266 e. The molecule has 0 saturated heterocycles. The zero-order valence-electron chi connectivity index (χ0n) is 16.3. The summed E-state index contributed by atoms with van der Waals surface area (Å²) in [4.78, 5) is 11.4. The van der Waals surface area contributed by atoms with E-state index in [2.05, 4.69) is 0 Å². The smallest absolute Gasteiger partial charge is 0.266 e. The lowest BCUT2D eigenvalue weighted by Gasteiger charge is -2.28. The van der Waals surface area contributed by atoms with Crippen molar-refractivity contribution in [2.24, 2.45) is 0 Å². The molecule has 0 heterocycles. The van der Waals surface area contributed by atoms with Gasteiger partial charge in [-0.25, -0.2) is 17.0 Å². The van der Waals surface area contributed by atoms with Crippen molar-refractivity contribution in [3.05, 3.63) is 83.4 Å².